The maximum absolute atomic E-state index is 11.4. The number of hydrogen-bond donors (Lipinski definition) is 1. The van der Waals surface area contributed by atoms with Crippen molar-refractivity contribution in [1.82, 2.24) is 4.98 Å². The number of aromatic nitrogens is 1. The maximum atomic E-state index is 11.4. The van der Waals surface area contributed by atoms with Crippen LogP contribution in [-0.4, -0.2) is 16.1 Å². The van der Waals surface area contributed by atoms with Crippen molar-refractivity contribution in [3.8, 4) is 17.0 Å². The highest BCUT2D eigenvalue weighted by molar-refractivity contribution is 5.89. The van der Waals surface area contributed by atoms with Gasteiger partial charge in [0.15, 0.2) is 0 Å². The van der Waals surface area contributed by atoms with Gasteiger partial charge in [-0.3, -0.25) is 4.98 Å². The van der Waals surface area contributed by atoms with E-state index >= 15 is 0 Å². The van der Waals surface area contributed by atoms with Gasteiger partial charge in [-0.2, -0.15) is 0 Å². The van der Waals surface area contributed by atoms with Gasteiger partial charge in [-0.1, -0.05) is 56.3 Å². The summed E-state index contributed by atoms with van der Waals surface area (Å²) >= 11 is 0. The van der Waals surface area contributed by atoms with E-state index in [1.165, 1.54) is 0 Å². The van der Waals surface area contributed by atoms with Crippen LogP contribution in [0.3, 0.4) is 0 Å². The molecule has 3 aromatic rings. The first-order valence-corrected chi connectivity index (χ1v) is 8.56. The highest BCUT2D eigenvalue weighted by atomic mass is 16.5. The molecule has 0 spiro atoms. The fraction of sp³-hybridized carbons (Fsp3) is 0.182. The number of carboxylic acids is 1. The number of carboxylic acid groups (broad SMARTS) is 1. The van der Waals surface area contributed by atoms with Crippen molar-refractivity contribution < 1.29 is 14.6 Å². The Balaban J connectivity index is 1.94. The van der Waals surface area contributed by atoms with Crippen LogP contribution in [0.4, 0.5) is 0 Å². The molecule has 0 saturated heterocycles. The monoisotopic (exact) mass is 347 g/mol. The van der Waals surface area contributed by atoms with Crippen LogP contribution >= 0.6 is 0 Å². The molecule has 0 aliphatic rings. The lowest BCUT2D eigenvalue weighted by Crippen LogP contribution is -2.07. The number of rotatable bonds is 6. The van der Waals surface area contributed by atoms with Crippen LogP contribution in [-0.2, 0) is 6.61 Å². The third-order valence-electron chi connectivity index (χ3n) is 4.10. The second-order valence-electron chi connectivity index (χ2n) is 6.36. The maximum Gasteiger partial charge on any atom is 0.337 e. The molecule has 4 nitrogen and oxygen atoms in total. The van der Waals surface area contributed by atoms with E-state index in [2.05, 4.69) is 4.98 Å². The van der Waals surface area contributed by atoms with Crippen LogP contribution < -0.4 is 4.74 Å². The van der Waals surface area contributed by atoms with E-state index < -0.39 is 5.97 Å². The first kappa shape index (κ1) is 17.7. The first-order valence-electron chi connectivity index (χ1n) is 8.56. The van der Waals surface area contributed by atoms with E-state index in [9.17, 15) is 9.90 Å². The largest absolute Gasteiger partial charge is 0.488 e. The number of aromatic carboxylic acids is 1. The number of para-hydroxylation sites is 1. The fourth-order valence-corrected chi connectivity index (χ4v) is 2.79. The molecular weight excluding hydrogens is 326 g/mol. The molecule has 0 bridgehead atoms. The van der Waals surface area contributed by atoms with Gasteiger partial charge in [0.2, 0.25) is 0 Å². The molecule has 0 atom stereocenters. The van der Waals surface area contributed by atoms with Crippen molar-refractivity contribution in [3.63, 3.8) is 0 Å². The topological polar surface area (TPSA) is 59.4 Å². The van der Waals surface area contributed by atoms with Crippen LogP contribution in [0.25, 0.3) is 11.3 Å². The van der Waals surface area contributed by atoms with Crippen LogP contribution in [0.2, 0.25) is 0 Å². The Hall–Kier alpha value is -3.14. The molecule has 0 radical (unpaired) electrons. The molecule has 0 aliphatic carbocycles. The molecule has 2 aromatic carbocycles. The van der Waals surface area contributed by atoms with Gasteiger partial charge in [0.1, 0.15) is 12.4 Å². The Morgan fingerprint density at radius 3 is 2.38 bits per heavy atom. The zero-order valence-corrected chi connectivity index (χ0v) is 14.8. The van der Waals surface area contributed by atoms with Gasteiger partial charge in [0.25, 0.3) is 0 Å². The summed E-state index contributed by atoms with van der Waals surface area (Å²) < 4.78 is 6.00. The minimum atomic E-state index is -0.957. The van der Waals surface area contributed by atoms with Crippen LogP contribution in [0, 0.1) is 0 Å². The third-order valence-corrected chi connectivity index (χ3v) is 4.10. The number of ether oxygens (including phenoxy) is 1. The summed E-state index contributed by atoms with van der Waals surface area (Å²) in [5.74, 6) is -0.221. The normalized spacial score (nSPS) is 10.7. The average molecular weight is 347 g/mol. The van der Waals surface area contributed by atoms with Crippen LogP contribution in [0.15, 0.2) is 66.7 Å². The van der Waals surface area contributed by atoms with Gasteiger partial charge < -0.3 is 9.84 Å². The first-order chi connectivity index (χ1) is 12.6. The van der Waals surface area contributed by atoms with E-state index in [1.54, 1.807) is 12.1 Å². The molecule has 0 saturated carbocycles. The highest BCUT2D eigenvalue weighted by Gasteiger charge is 2.17. The number of benzene rings is 2. The SMILES string of the molecule is CC(C)c1nc(-c2ccccc2OCc2ccccc2)ccc1C(=O)O. The quantitative estimate of drug-likeness (QED) is 0.670. The van der Waals surface area contributed by atoms with Gasteiger partial charge in [-0.25, -0.2) is 4.79 Å². The molecule has 1 aromatic heterocycles. The number of carbonyl (C=O) groups is 1. The van der Waals surface area contributed by atoms with Crippen molar-refractivity contribution in [1.29, 1.82) is 0 Å². The Labute approximate surface area is 153 Å². The number of nitrogens with zero attached hydrogens (tertiary/aromatic N) is 1. The van der Waals surface area contributed by atoms with Crippen molar-refractivity contribution in [2.24, 2.45) is 0 Å². The molecule has 1 heterocycles. The zero-order valence-electron chi connectivity index (χ0n) is 14.8. The lowest BCUT2D eigenvalue weighted by atomic mass is 10.0. The molecule has 132 valence electrons. The van der Waals surface area contributed by atoms with Crippen LogP contribution in [0.5, 0.6) is 5.75 Å². The van der Waals surface area contributed by atoms with E-state index in [-0.39, 0.29) is 11.5 Å². The molecule has 0 fully saturated rings. The third kappa shape index (κ3) is 3.91. The van der Waals surface area contributed by atoms with E-state index in [1.807, 2.05) is 68.4 Å². The standard InChI is InChI=1S/C22H21NO3/c1-15(2)21-18(22(24)25)12-13-19(23-21)17-10-6-7-11-20(17)26-14-16-8-4-3-5-9-16/h3-13,15H,14H2,1-2H3,(H,24,25). The molecule has 0 unspecified atom stereocenters. The second kappa shape index (κ2) is 7.83. The van der Waals surface area contributed by atoms with Crippen LogP contribution in [0.1, 0.15) is 41.4 Å². The molecule has 0 aliphatic heterocycles. The van der Waals surface area contributed by atoms with E-state index in [0.29, 0.717) is 18.0 Å². The minimum absolute atomic E-state index is 0.0125. The van der Waals surface area contributed by atoms with Crippen molar-refractivity contribution in [2.45, 2.75) is 26.4 Å². The lowest BCUT2D eigenvalue weighted by Gasteiger charge is -2.14. The van der Waals surface area contributed by atoms with Gasteiger partial charge in [0, 0.05) is 5.56 Å². The predicted molar refractivity (Wildman–Crippen MR) is 101 cm³/mol. The summed E-state index contributed by atoms with van der Waals surface area (Å²) in [4.78, 5) is 16.1. The summed E-state index contributed by atoms with van der Waals surface area (Å²) in [5.41, 5.74) is 3.46. The molecule has 1 N–H and O–H groups in total. The molecule has 0 amide bonds. The van der Waals surface area contributed by atoms with Crippen molar-refractivity contribution in [2.75, 3.05) is 0 Å². The summed E-state index contributed by atoms with van der Waals surface area (Å²) in [7, 11) is 0. The Kier molecular flexibility index (Phi) is 5.32. The zero-order chi connectivity index (χ0) is 18.5. The summed E-state index contributed by atoms with van der Waals surface area (Å²) in [6.45, 7) is 4.34. The molecule has 3 rings (SSSR count). The Morgan fingerprint density at radius 2 is 1.69 bits per heavy atom. The van der Waals surface area contributed by atoms with Gasteiger partial charge in [-0.05, 0) is 35.7 Å². The summed E-state index contributed by atoms with van der Waals surface area (Å²) in [6.07, 6.45) is 0. The van der Waals surface area contributed by atoms with E-state index in [0.717, 1.165) is 16.9 Å². The average Bonchev–Trinajstić information content (AvgIpc) is 2.67. The molecular formula is C22H21NO3. The smallest absolute Gasteiger partial charge is 0.337 e. The summed E-state index contributed by atoms with van der Waals surface area (Å²) in [6, 6.07) is 21.0. The highest BCUT2D eigenvalue weighted by Crippen LogP contribution is 2.31. The van der Waals surface area contributed by atoms with Crippen molar-refractivity contribution in [3.05, 3.63) is 83.6 Å². The van der Waals surface area contributed by atoms with Gasteiger partial charge in [-0.15, -0.1) is 0 Å². The molecule has 4 heteroatoms. The molecule has 26 heavy (non-hydrogen) atoms. The Bertz CT molecular complexity index is 904. The fourth-order valence-electron chi connectivity index (χ4n) is 2.79. The number of hydrogen-bond acceptors (Lipinski definition) is 3. The Morgan fingerprint density at radius 1 is 1.00 bits per heavy atom. The summed E-state index contributed by atoms with van der Waals surface area (Å²) in [5, 5.41) is 9.38. The van der Waals surface area contributed by atoms with E-state index in [4.69, 9.17) is 4.74 Å². The number of pyridine rings is 1. The lowest BCUT2D eigenvalue weighted by molar-refractivity contribution is 0.0694. The van der Waals surface area contributed by atoms with Crippen molar-refractivity contribution >= 4 is 5.97 Å². The van der Waals surface area contributed by atoms with Gasteiger partial charge in [0.05, 0.1) is 17.0 Å². The van der Waals surface area contributed by atoms with Gasteiger partial charge >= 0.3 is 5.97 Å². The predicted octanol–water partition coefficient (Wildman–Crippen LogP) is 5.15. The minimum Gasteiger partial charge on any atom is -0.488 e. The second-order valence-corrected chi connectivity index (χ2v) is 6.36.